The van der Waals surface area contributed by atoms with Crippen LogP contribution in [0.5, 0.6) is 0 Å². The molecule has 2 aromatic heterocycles. The van der Waals surface area contributed by atoms with Crippen LogP contribution in [-0.2, 0) is 6.42 Å². The van der Waals surface area contributed by atoms with Crippen LogP contribution in [0.4, 0.5) is 4.39 Å². The number of furan rings is 1. The maximum absolute atomic E-state index is 14.3. The van der Waals surface area contributed by atoms with E-state index >= 15 is 0 Å². The van der Waals surface area contributed by atoms with Crippen molar-refractivity contribution in [3.05, 3.63) is 72.4 Å². The molecule has 0 radical (unpaired) electrons. The highest BCUT2D eigenvalue weighted by molar-refractivity contribution is 6.00. The first kappa shape index (κ1) is 14.6. The van der Waals surface area contributed by atoms with Gasteiger partial charge >= 0.3 is 0 Å². The predicted octanol–water partition coefficient (Wildman–Crippen LogP) is 5.26. The number of halogens is 1. The molecule has 24 heavy (non-hydrogen) atoms. The Morgan fingerprint density at radius 3 is 2.58 bits per heavy atom. The molecule has 4 heteroatoms. The van der Waals surface area contributed by atoms with Gasteiger partial charge in [-0.2, -0.15) is 0 Å². The lowest BCUT2D eigenvalue weighted by Gasteiger charge is -2.06. The summed E-state index contributed by atoms with van der Waals surface area (Å²) in [5.41, 5.74) is 3.90. The summed E-state index contributed by atoms with van der Waals surface area (Å²) < 4.78 is 20.2. The third kappa shape index (κ3) is 2.36. The van der Waals surface area contributed by atoms with Crippen LogP contribution in [0.2, 0.25) is 0 Å². The van der Waals surface area contributed by atoms with Gasteiger partial charge < -0.3 is 4.42 Å². The molecule has 0 aliphatic carbocycles. The molecule has 2 heterocycles. The highest BCUT2D eigenvalue weighted by Gasteiger charge is 2.20. The van der Waals surface area contributed by atoms with Gasteiger partial charge in [0, 0.05) is 11.8 Å². The summed E-state index contributed by atoms with van der Waals surface area (Å²) in [6, 6.07) is 14.8. The molecule has 0 saturated carbocycles. The normalized spacial score (nSPS) is 11.1. The Kier molecular flexibility index (Phi) is 3.58. The number of aromatic nitrogens is 2. The molecule has 0 atom stereocenters. The molecule has 0 bridgehead atoms. The first-order valence-corrected chi connectivity index (χ1v) is 7.84. The van der Waals surface area contributed by atoms with Crippen molar-refractivity contribution in [2.45, 2.75) is 13.3 Å². The van der Waals surface area contributed by atoms with Crippen LogP contribution in [-0.4, -0.2) is 9.97 Å². The second-order valence-corrected chi connectivity index (χ2v) is 5.58. The van der Waals surface area contributed by atoms with Crippen molar-refractivity contribution in [1.82, 2.24) is 9.97 Å². The summed E-state index contributed by atoms with van der Waals surface area (Å²) in [4.78, 5) is 8.27. The van der Waals surface area contributed by atoms with Gasteiger partial charge in [0.15, 0.2) is 0 Å². The number of hydrogen-bond donors (Lipinski definition) is 0. The molecule has 0 N–H and O–H groups in total. The van der Waals surface area contributed by atoms with E-state index in [9.17, 15) is 4.39 Å². The smallest absolute Gasteiger partial charge is 0.230 e. The van der Waals surface area contributed by atoms with Gasteiger partial charge in [-0.25, -0.2) is 14.4 Å². The van der Waals surface area contributed by atoms with Crippen LogP contribution in [0, 0.1) is 5.82 Å². The molecule has 4 aromatic rings. The minimum absolute atomic E-state index is 0.323. The summed E-state index contributed by atoms with van der Waals surface area (Å²) in [5.74, 6) is 0.156. The van der Waals surface area contributed by atoms with Crippen molar-refractivity contribution in [1.29, 1.82) is 0 Å². The number of benzene rings is 2. The fourth-order valence-corrected chi connectivity index (χ4v) is 2.87. The van der Waals surface area contributed by atoms with Crippen LogP contribution < -0.4 is 0 Å². The summed E-state index contributed by atoms with van der Waals surface area (Å²) in [5, 5.41) is 0.778. The molecule has 0 spiro atoms. The molecular weight excluding hydrogens is 303 g/mol. The molecule has 0 amide bonds. The standard InChI is InChI=1S/C20H15FN2O/c1-2-13-7-9-14(10-8-13)18-16-11-22-12-23-20(16)24-19(18)15-5-3-4-6-17(15)21/h3-12H,2H2,1H3. The number of rotatable bonds is 3. The van der Waals surface area contributed by atoms with Gasteiger partial charge in [0.2, 0.25) is 5.71 Å². The molecule has 0 saturated heterocycles. The van der Waals surface area contributed by atoms with Crippen LogP contribution in [0.15, 0.2) is 65.5 Å². The molecule has 0 unspecified atom stereocenters. The van der Waals surface area contributed by atoms with E-state index in [0.717, 1.165) is 22.9 Å². The van der Waals surface area contributed by atoms with Gasteiger partial charge in [0.1, 0.15) is 17.9 Å². The van der Waals surface area contributed by atoms with E-state index in [-0.39, 0.29) is 5.82 Å². The quantitative estimate of drug-likeness (QED) is 0.517. The number of nitrogens with zero attached hydrogens (tertiary/aromatic N) is 2. The second-order valence-electron chi connectivity index (χ2n) is 5.58. The first-order valence-electron chi connectivity index (χ1n) is 7.84. The van der Waals surface area contributed by atoms with Gasteiger partial charge in [-0.1, -0.05) is 43.3 Å². The average Bonchev–Trinajstić information content (AvgIpc) is 3.01. The van der Waals surface area contributed by atoms with Gasteiger partial charge in [-0.05, 0) is 29.7 Å². The Morgan fingerprint density at radius 2 is 1.83 bits per heavy atom. The van der Waals surface area contributed by atoms with E-state index in [0.29, 0.717) is 17.0 Å². The van der Waals surface area contributed by atoms with Crippen LogP contribution in [0.1, 0.15) is 12.5 Å². The summed E-state index contributed by atoms with van der Waals surface area (Å²) in [7, 11) is 0. The van der Waals surface area contributed by atoms with Crippen molar-refractivity contribution >= 4 is 11.1 Å². The molecule has 4 rings (SSSR count). The van der Waals surface area contributed by atoms with Crippen molar-refractivity contribution in [3.63, 3.8) is 0 Å². The van der Waals surface area contributed by atoms with Crippen molar-refractivity contribution in [3.8, 4) is 22.5 Å². The molecule has 0 aliphatic rings. The van der Waals surface area contributed by atoms with Crippen molar-refractivity contribution < 1.29 is 8.81 Å². The van der Waals surface area contributed by atoms with E-state index in [4.69, 9.17) is 4.42 Å². The highest BCUT2D eigenvalue weighted by atomic mass is 19.1. The Bertz CT molecular complexity index is 1010. The van der Waals surface area contributed by atoms with Gasteiger partial charge in [0.05, 0.1) is 10.9 Å². The fraction of sp³-hybridized carbons (Fsp3) is 0.100. The zero-order chi connectivity index (χ0) is 16.5. The van der Waals surface area contributed by atoms with Gasteiger partial charge in [-0.15, -0.1) is 0 Å². The van der Waals surface area contributed by atoms with E-state index in [1.807, 2.05) is 12.1 Å². The zero-order valence-corrected chi connectivity index (χ0v) is 13.2. The number of hydrogen-bond acceptors (Lipinski definition) is 3. The van der Waals surface area contributed by atoms with Gasteiger partial charge in [0.25, 0.3) is 0 Å². The van der Waals surface area contributed by atoms with Gasteiger partial charge in [-0.3, -0.25) is 0 Å². The van der Waals surface area contributed by atoms with Crippen LogP contribution in [0.25, 0.3) is 33.6 Å². The topological polar surface area (TPSA) is 38.9 Å². The Balaban J connectivity index is 2.01. The predicted molar refractivity (Wildman–Crippen MR) is 92.0 cm³/mol. The second kappa shape index (κ2) is 5.89. The fourth-order valence-electron chi connectivity index (χ4n) is 2.87. The zero-order valence-electron chi connectivity index (χ0n) is 13.2. The summed E-state index contributed by atoms with van der Waals surface area (Å²) in [6.07, 6.45) is 4.11. The van der Waals surface area contributed by atoms with Crippen LogP contribution >= 0.6 is 0 Å². The first-order chi connectivity index (χ1) is 11.8. The highest BCUT2D eigenvalue weighted by Crippen LogP contribution is 2.40. The molecule has 3 nitrogen and oxygen atoms in total. The Morgan fingerprint density at radius 1 is 1.04 bits per heavy atom. The molecule has 2 aromatic carbocycles. The monoisotopic (exact) mass is 318 g/mol. The maximum Gasteiger partial charge on any atom is 0.230 e. The van der Waals surface area contributed by atoms with E-state index in [2.05, 4.69) is 29.0 Å². The minimum atomic E-state index is -0.323. The Hall–Kier alpha value is -3.01. The average molecular weight is 318 g/mol. The third-order valence-electron chi connectivity index (χ3n) is 4.14. The minimum Gasteiger partial charge on any atom is -0.437 e. The molecule has 118 valence electrons. The summed E-state index contributed by atoms with van der Waals surface area (Å²) >= 11 is 0. The SMILES string of the molecule is CCc1ccc(-c2c(-c3ccccc3F)oc3ncncc23)cc1. The maximum atomic E-state index is 14.3. The summed E-state index contributed by atoms with van der Waals surface area (Å²) in [6.45, 7) is 2.11. The van der Waals surface area contributed by atoms with Crippen molar-refractivity contribution in [2.75, 3.05) is 0 Å². The molecule has 0 aliphatic heterocycles. The number of fused-ring (bicyclic) bond motifs is 1. The number of aryl methyl sites for hydroxylation is 1. The van der Waals surface area contributed by atoms with E-state index < -0.39 is 0 Å². The van der Waals surface area contributed by atoms with E-state index in [1.165, 1.54) is 18.0 Å². The Labute approximate surface area is 138 Å². The molecule has 0 fully saturated rings. The largest absolute Gasteiger partial charge is 0.437 e. The third-order valence-corrected chi connectivity index (χ3v) is 4.14. The lowest BCUT2D eigenvalue weighted by Crippen LogP contribution is -1.86. The lowest BCUT2D eigenvalue weighted by atomic mass is 9.98. The molecular formula is C20H15FN2O. The lowest BCUT2D eigenvalue weighted by molar-refractivity contribution is 0.595. The van der Waals surface area contributed by atoms with E-state index in [1.54, 1.807) is 24.4 Å². The van der Waals surface area contributed by atoms with Crippen LogP contribution in [0.3, 0.4) is 0 Å². The van der Waals surface area contributed by atoms with Crippen molar-refractivity contribution in [2.24, 2.45) is 0 Å².